The van der Waals surface area contributed by atoms with Crippen LogP contribution in [0.5, 0.6) is 0 Å². The molecule has 0 fully saturated rings. The molecule has 3 aromatic rings. The maximum atomic E-state index is 13.4. The van der Waals surface area contributed by atoms with Gasteiger partial charge >= 0.3 is 5.69 Å². The van der Waals surface area contributed by atoms with Crippen molar-refractivity contribution in [3.63, 3.8) is 0 Å². The summed E-state index contributed by atoms with van der Waals surface area (Å²) in [5, 5.41) is 6.45. The number of benzene rings is 1. The monoisotopic (exact) mass is 380 g/mol. The normalized spacial score (nSPS) is 16.4. The molecule has 0 amide bonds. The number of hydrogen-bond acceptors (Lipinski definition) is 5. The molecule has 0 spiro atoms. The van der Waals surface area contributed by atoms with Gasteiger partial charge in [0.1, 0.15) is 0 Å². The number of imidazole rings is 1. The second-order valence-corrected chi connectivity index (χ2v) is 7.21. The minimum absolute atomic E-state index is 0.108. The van der Waals surface area contributed by atoms with Crippen LogP contribution in [0.25, 0.3) is 11.2 Å². The summed E-state index contributed by atoms with van der Waals surface area (Å²) in [5.74, 6) is 0.611. The van der Waals surface area contributed by atoms with Crippen LogP contribution in [0.1, 0.15) is 38.8 Å². The minimum atomic E-state index is -0.371. The van der Waals surface area contributed by atoms with Crippen molar-refractivity contribution in [3.8, 4) is 0 Å². The predicted molar refractivity (Wildman–Crippen MR) is 110 cm³/mol. The number of hydrogen-bond donors (Lipinski definition) is 0. The van der Waals surface area contributed by atoms with Gasteiger partial charge in [0.05, 0.1) is 18.3 Å². The Morgan fingerprint density at radius 3 is 2.54 bits per heavy atom. The van der Waals surface area contributed by atoms with Gasteiger partial charge in [0, 0.05) is 13.6 Å². The molecule has 8 heteroatoms. The standard InChI is InChI=1S/C20H24N6O2/c1-5-11-25-19-21-17-16(26(19)14(3)13(2)22-25)18(27)24(20(28)23(17)4)12-15-9-7-6-8-10-15/h6-10,14H,5,11-12H2,1-4H3/t14-/m0/s1. The topological polar surface area (TPSA) is 77.4 Å². The van der Waals surface area contributed by atoms with E-state index in [2.05, 4.69) is 17.0 Å². The molecule has 8 nitrogen and oxygen atoms in total. The highest BCUT2D eigenvalue weighted by molar-refractivity contribution is 5.91. The SMILES string of the molecule is CCCN1N=C(C)[C@H](C)n2c1nc1c2c(=O)n(Cc2ccccc2)c(=O)n1C. The molecular formula is C20H24N6O2. The van der Waals surface area contributed by atoms with Crippen molar-refractivity contribution in [1.29, 1.82) is 0 Å². The van der Waals surface area contributed by atoms with Crippen LogP contribution in [0.3, 0.4) is 0 Å². The zero-order valence-electron chi connectivity index (χ0n) is 16.6. The van der Waals surface area contributed by atoms with Crippen molar-refractivity contribution in [2.75, 3.05) is 11.6 Å². The second kappa shape index (κ2) is 6.78. The van der Waals surface area contributed by atoms with Gasteiger partial charge in [-0.25, -0.2) is 9.80 Å². The van der Waals surface area contributed by atoms with Crippen LogP contribution in [-0.2, 0) is 13.6 Å². The Morgan fingerprint density at radius 1 is 1.14 bits per heavy atom. The average Bonchev–Trinajstić information content (AvgIpc) is 3.10. The Morgan fingerprint density at radius 2 is 1.86 bits per heavy atom. The summed E-state index contributed by atoms with van der Waals surface area (Å²) in [7, 11) is 1.66. The van der Waals surface area contributed by atoms with Gasteiger partial charge in [-0.05, 0) is 25.8 Å². The second-order valence-electron chi connectivity index (χ2n) is 7.21. The number of anilines is 1. The van der Waals surface area contributed by atoms with E-state index in [9.17, 15) is 9.59 Å². The molecule has 146 valence electrons. The minimum Gasteiger partial charge on any atom is -0.294 e. The summed E-state index contributed by atoms with van der Waals surface area (Å²) in [6.07, 6.45) is 0.894. The summed E-state index contributed by atoms with van der Waals surface area (Å²) in [5.41, 5.74) is 1.95. The van der Waals surface area contributed by atoms with E-state index >= 15 is 0 Å². The molecule has 0 radical (unpaired) electrons. The first-order chi connectivity index (χ1) is 13.4. The van der Waals surface area contributed by atoms with Crippen LogP contribution < -0.4 is 16.3 Å². The summed E-state index contributed by atoms with van der Waals surface area (Å²) in [4.78, 5) is 30.9. The van der Waals surface area contributed by atoms with Gasteiger partial charge in [-0.15, -0.1) is 0 Å². The Bertz CT molecular complexity index is 1190. The molecule has 2 aromatic heterocycles. The molecule has 0 aliphatic carbocycles. The lowest BCUT2D eigenvalue weighted by Crippen LogP contribution is -2.40. The highest BCUT2D eigenvalue weighted by Gasteiger charge is 2.30. The zero-order chi connectivity index (χ0) is 20.0. The van der Waals surface area contributed by atoms with E-state index in [-0.39, 0.29) is 23.8 Å². The summed E-state index contributed by atoms with van der Waals surface area (Å²) in [6, 6.07) is 9.41. The highest BCUT2D eigenvalue weighted by atomic mass is 16.2. The van der Waals surface area contributed by atoms with Crippen LogP contribution in [0.15, 0.2) is 45.0 Å². The molecule has 1 aromatic carbocycles. The van der Waals surface area contributed by atoms with Crippen LogP contribution in [0.4, 0.5) is 5.95 Å². The lowest BCUT2D eigenvalue weighted by Gasteiger charge is -2.28. The van der Waals surface area contributed by atoms with Crippen molar-refractivity contribution in [2.45, 2.75) is 39.8 Å². The Balaban J connectivity index is 2.00. The molecule has 1 atom stereocenters. The molecule has 28 heavy (non-hydrogen) atoms. The van der Waals surface area contributed by atoms with Gasteiger partial charge in [-0.2, -0.15) is 10.1 Å². The van der Waals surface area contributed by atoms with Crippen LogP contribution in [0.2, 0.25) is 0 Å². The summed E-state index contributed by atoms with van der Waals surface area (Å²) in [6.45, 7) is 6.94. The molecule has 0 N–H and O–H groups in total. The summed E-state index contributed by atoms with van der Waals surface area (Å²) < 4.78 is 4.65. The number of aromatic nitrogens is 4. The lowest BCUT2D eigenvalue weighted by atomic mass is 10.2. The predicted octanol–water partition coefficient (Wildman–Crippen LogP) is 2.11. The van der Waals surface area contributed by atoms with Crippen LogP contribution in [0, 0.1) is 0 Å². The number of rotatable bonds is 4. The maximum Gasteiger partial charge on any atom is 0.332 e. The molecule has 1 aliphatic rings. The molecule has 1 aliphatic heterocycles. The van der Waals surface area contributed by atoms with Crippen molar-refractivity contribution in [1.82, 2.24) is 18.7 Å². The van der Waals surface area contributed by atoms with Crippen LogP contribution in [-0.4, -0.2) is 30.9 Å². The van der Waals surface area contributed by atoms with Crippen molar-refractivity contribution in [3.05, 3.63) is 56.7 Å². The van der Waals surface area contributed by atoms with E-state index in [1.807, 2.05) is 53.8 Å². The van der Waals surface area contributed by atoms with Gasteiger partial charge in [0.15, 0.2) is 11.2 Å². The third-order valence-corrected chi connectivity index (χ3v) is 5.28. The number of hydrazone groups is 1. The lowest BCUT2D eigenvalue weighted by molar-refractivity contribution is 0.624. The number of fused-ring (bicyclic) bond motifs is 3. The van der Waals surface area contributed by atoms with E-state index in [0.717, 1.165) is 17.7 Å². The number of nitrogens with zero attached hydrogens (tertiary/aromatic N) is 6. The fourth-order valence-corrected chi connectivity index (χ4v) is 3.65. The molecule has 4 rings (SSSR count). The average molecular weight is 380 g/mol. The van der Waals surface area contributed by atoms with Gasteiger partial charge in [-0.3, -0.25) is 18.5 Å². The maximum absolute atomic E-state index is 13.4. The highest BCUT2D eigenvalue weighted by Crippen LogP contribution is 2.29. The molecule has 3 heterocycles. The fourth-order valence-electron chi connectivity index (χ4n) is 3.65. The van der Waals surface area contributed by atoms with E-state index in [4.69, 9.17) is 0 Å². The molecule has 0 saturated carbocycles. The van der Waals surface area contributed by atoms with E-state index in [1.54, 1.807) is 7.05 Å². The molecule has 0 bridgehead atoms. The van der Waals surface area contributed by atoms with E-state index in [0.29, 0.717) is 23.7 Å². The molecular weight excluding hydrogens is 356 g/mol. The molecule has 0 saturated heterocycles. The number of aryl methyl sites for hydroxylation is 1. The zero-order valence-corrected chi connectivity index (χ0v) is 16.6. The first-order valence-corrected chi connectivity index (χ1v) is 9.52. The van der Waals surface area contributed by atoms with Crippen LogP contribution >= 0.6 is 0 Å². The first-order valence-electron chi connectivity index (χ1n) is 9.52. The Labute approximate surface area is 162 Å². The van der Waals surface area contributed by atoms with Crippen molar-refractivity contribution in [2.24, 2.45) is 12.1 Å². The van der Waals surface area contributed by atoms with E-state index < -0.39 is 0 Å². The third-order valence-electron chi connectivity index (χ3n) is 5.28. The summed E-state index contributed by atoms with van der Waals surface area (Å²) >= 11 is 0. The van der Waals surface area contributed by atoms with Gasteiger partial charge < -0.3 is 0 Å². The first kappa shape index (κ1) is 18.2. The Kier molecular flexibility index (Phi) is 4.41. The Hall–Kier alpha value is -3.16. The van der Waals surface area contributed by atoms with Gasteiger partial charge in [0.25, 0.3) is 5.56 Å². The molecule has 0 unspecified atom stereocenters. The van der Waals surface area contributed by atoms with Gasteiger partial charge in [-0.1, -0.05) is 37.3 Å². The van der Waals surface area contributed by atoms with Crippen molar-refractivity contribution < 1.29 is 0 Å². The van der Waals surface area contributed by atoms with Gasteiger partial charge in [0.2, 0.25) is 5.95 Å². The largest absolute Gasteiger partial charge is 0.332 e. The van der Waals surface area contributed by atoms with Crippen molar-refractivity contribution >= 4 is 22.8 Å². The fraction of sp³-hybridized carbons (Fsp3) is 0.400. The third kappa shape index (κ3) is 2.67. The quantitative estimate of drug-likeness (QED) is 0.695. The van der Waals surface area contributed by atoms with E-state index in [1.165, 1.54) is 9.13 Å². The smallest absolute Gasteiger partial charge is 0.294 e.